The number of imidazole rings is 1. The van der Waals surface area contributed by atoms with Crippen molar-refractivity contribution < 1.29 is 4.74 Å². The maximum atomic E-state index is 6.41. The molecule has 110 valence electrons. The van der Waals surface area contributed by atoms with E-state index >= 15 is 0 Å². The fraction of sp³-hybridized carbons (Fsp3) is 0.471. The fourth-order valence-electron chi connectivity index (χ4n) is 2.90. The zero-order valence-electron chi connectivity index (χ0n) is 12.4. The average Bonchev–Trinajstić information content (AvgIpc) is 3.39. The van der Waals surface area contributed by atoms with E-state index in [1.807, 2.05) is 19.1 Å². The Hall–Kier alpha value is -1.97. The third-order valence-electron chi connectivity index (χ3n) is 4.27. The van der Waals surface area contributed by atoms with E-state index in [0.717, 1.165) is 22.8 Å². The molecule has 1 heterocycles. The quantitative estimate of drug-likeness (QED) is 0.909. The zero-order chi connectivity index (χ0) is 14.4. The molecule has 2 aromatic rings. The largest absolute Gasteiger partial charge is 0.494 e. The van der Waals surface area contributed by atoms with Gasteiger partial charge in [0.2, 0.25) is 0 Å². The second kappa shape index (κ2) is 4.79. The maximum Gasteiger partial charge on any atom is 0.132 e. The topological polar surface area (TPSA) is 53.1 Å². The van der Waals surface area contributed by atoms with Gasteiger partial charge in [-0.2, -0.15) is 0 Å². The first kappa shape index (κ1) is 12.7. The van der Waals surface area contributed by atoms with Gasteiger partial charge in [-0.3, -0.25) is 0 Å². The van der Waals surface area contributed by atoms with E-state index in [0.29, 0.717) is 18.6 Å². The molecule has 0 radical (unpaired) electrons. The smallest absolute Gasteiger partial charge is 0.132 e. The predicted octanol–water partition coefficient (Wildman–Crippen LogP) is 3.74. The van der Waals surface area contributed by atoms with Gasteiger partial charge in [0.25, 0.3) is 0 Å². The molecule has 0 saturated heterocycles. The lowest BCUT2D eigenvalue weighted by atomic mass is 10.1. The number of nitrogen functional groups attached to an aromatic ring is 1. The number of nitrogens with two attached hydrogens (primary N) is 1. The predicted molar refractivity (Wildman–Crippen MR) is 83.5 cm³/mol. The number of rotatable bonds is 5. The maximum absolute atomic E-state index is 6.41. The minimum absolute atomic E-state index is 0.588. The molecule has 2 aliphatic rings. The van der Waals surface area contributed by atoms with Gasteiger partial charge in [-0.25, -0.2) is 4.98 Å². The van der Waals surface area contributed by atoms with Gasteiger partial charge in [0.15, 0.2) is 0 Å². The van der Waals surface area contributed by atoms with Gasteiger partial charge in [0.1, 0.15) is 23.1 Å². The first-order chi connectivity index (χ1) is 10.3. The molecule has 0 aliphatic heterocycles. The van der Waals surface area contributed by atoms with Crippen LogP contribution in [0.3, 0.4) is 0 Å². The summed E-state index contributed by atoms with van der Waals surface area (Å²) in [5.74, 6) is 3.57. The van der Waals surface area contributed by atoms with Crippen molar-refractivity contribution >= 4 is 5.82 Å². The van der Waals surface area contributed by atoms with Crippen LogP contribution in [0, 0.1) is 0 Å². The molecule has 2 aliphatic carbocycles. The van der Waals surface area contributed by atoms with Crippen LogP contribution in [-0.4, -0.2) is 16.2 Å². The summed E-state index contributed by atoms with van der Waals surface area (Å²) in [7, 11) is 0. The molecule has 0 atom stereocenters. The lowest BCUT2D eigenvalue weighted by Crippen LogP contribution is -2.04. The van der Waals surface area contributed by atoms with Gasteiger partial charge >= 0.3 is 0 Å². The Morgan fingerprint density at radius 1 is 1.19 bits per heavy atom. The van der Waals surface area contributed by atoms with Crippen LogP contribution in [0.4, 0.5) is 5.82 Å². The molecule has 2 fully saturated rings. The summed E-state index contributed by atoms with van der Waals surface area (Å²) in [5, 5.41) is 0. The molecule has 4 rings (SSSR count). The summed E-state index contributed by atoms with van der Waals surface area (Å²) < 4.78 is 7.79. The molecule has 0 unspecified atom stereocenters. The Morgan fingerprint density at radius 2 is 1.90 bits per heavy atom. The summed E-state index contributed by atoms with van der Waals surface area (Å²) in [5.41, 5.74) is 8.43. The van der Waals surface area contributed by atoms with Crippen molar-refractivity contribution in [3.63, 3.8) is 0 Å². The third-order valence-corrected chi connectivity index (χ3v) is 4.27. The summed E-state index contributed by atoms with van der Waals surface area (Å²) in [6, 6.07) is 8.68. The van der Waals surface area contributed by atoms with Crippen LogP contribution in [0.5, 0.6) is 5.75 Å². The van der Waals surface area contributed by atoms with Crippen LogP contribution < -0.4 is 10.5 Å². The highest BCUT2D eigenvalue weighted by Crippen LogP contribution is 2.48. The van der Waals surface area contributed by atoms with Gasteiger partial charge in [-0.15, -0.1) is 0 Å². The molecule has 4 nitrogen and oxygen atoms in total. The molecule has 0 amide bonds. The van der Waals surface area contributed by atoms with Crippen molar-refractivity contribution in [3.8, 4) is 17.0 Å². The molecule has 4 heteroatoms. The first-order valence-electron chi connectivity index (χ1n) is 7.88. The SMILES string of the molecule is CCOc1ccc(-c2nc(C3CC3)n(C3CC3)c2N)cc1. The van der Waals surface area contributed by atoms with Crippen LogP contribution in [0.1, 0.15) is 50.4 Å². The normalized spacial score (nSPS) is 18.0. The van der Waals surface area contributed by atoms with E-state index in [1.54, 1.807) is 0 Å². The third kappa shape index (κ3) is 2.28. The van der Waals surface area contributed by atoms with E-state index in [9.17, 15) is 0 Å². The van der Waals surface area contributed by atoms with E-state index < -0.39 is 0 Å². The fourth-order valence-corrected chi connectivity index (χ4v) is 2.90. The van der Waals surface area contributed by atoms with Crippen LogP contribution >= 0.6 is 0 Å². The average molecular weight is 283 g/mol. The van der Waals surface area contributed by atoms with Crippen molar-refractivity contribution in [2.45, 2.75) is 44.6 Å². The highest BCUT2D eigenvalue weighted by molar-refractivity contribution is 5.72. The van der Waals surface area contributed by atoms with Crippen molar-refractivity contribution in [3.05, 3.63) is 30.1 Å². The minimum atomic E-state index is 0.588. The first-order valence-corrected chi connectivity index (χ1v) is 7.88. The van der Waals surface area contributed by atoms with Gasteiger partial charge < -0.3 is 15.0 Å². The van der Waals surface area contributed by atoms with Gasteiger partial charge in [0, 0.05) is 17.5 Å². The monoisotopic (exact) mass is 283 g/mol. The molecular formula is C17H21N3O. The van der Waals surface area contributed by atoms with Crippen LogP contribution in [-0.2, 0) is 0 Å². The van der Waals surface area contributed by atoms with Crippen LogP contribution in [0.2, 0.25) is 0 Å². The van der Waals surface area contributed by atoms with Crippen molar-refractivity contribution in [2.75, 3.05) is 12.3 Å². The molecular weight excluding hydrogens is 262 g/mol. The standard InChI is InChI=1S/C17H21N3O/c1-2-21-14-9-5-11(6-10-14)15-16(18)20(13-7-8-13)17(19-15)12-3-4-12/h5-6,9-10,12-13H,2-4,7-8,18H2,1H3. The van der Waals surface area contributed by atoms with Crippen LogP contribution in [0.25, 0.3) is 11.3 Å². The van der Waals surface area contributed by atoms with Gasteiger partial charge in [-0.05, 0) is 56.9 Å². The van der Waals surface area contributed by atoms with Crippen molar-refractivity contribution in [1.82, 2.24) is 9.55 Å². The Bertz CT molecular complexity index is 651. The Morgan fingerprint density at radius 3 is 2.48 bits per heavy atom. The molecule has 1 aromatic heterocycles. The highest BCUT2D eigenvalue weighted by Gasteiger charge is 2.36. The summed E-state index contributed by atoms with van der Waals surface area (Å²) in [4.78, 5) is 4.88. The molecule has 1 aromatic carbocycles. The number of aromatic nitrogens is 2. The Balaban J connectivity index is 1.72. The summed E-state index contributed by atoms with van der Waals surface area (Å²) in [6.07, 6.45) is 4.99. The lowest BCUT2D eigenvalue weighted by Gasteiger charge is -2.07. The van der Waals surface area contributed by atoms with E-state index in [-0.39, 0.29) is 0 Å². The van der Waals surface area contributed by atoms with Crippen molar-refractivity contribution in [1.29, 1.82) is 0 Å². The second-order valence-electron chi connectivity index (χ2n) is 6.04. The molecule has 2 saturated carbocycles. The molecule has 0 spiro atoms. The number of nitrogens with zero attached hydrogens (tertiary/aromatic N) is 2. The molecule has 0 bridgehead atoms. The zero-order valence-corrected chi connectivity index (χ0v) is 12.4. The van der Waals surface area contributed by atoms with E-state index in [2.05, 4.69) is 16.7 Å². The number of hydrogen-bond donors (Lipinski definition) is 1. The molecule has 2 N–H and O–H groups in total. The highest BCUT2D eigenvalue weighted by atomic mass is 16.5. The summed E-state index contributed by atoms with van der Waals surface area (Å²) >= 11 is 0. The summed E-state index contributed by atoms with van der Waals surface area (Å²) in [6.45, 7) is 2.68. The Labute approximate surface area is 124 Å². The van der Waals surface area contributed by atoms with E-state index in [1.165, 1.54) is 31.5 Å². The number of hydrogen-bond acceptors (Lipinski definition) is 3. The Kier molecular flexibility index (Phi) is 2.91. The second-order valence-corrected chi connectivity index (χ2v) is 6.04. The number of benzene rings is 1. The number of ether oxygens (including phenoxy) is 1. The number of anilines is 1. The van der Waals surface area contributed by atoms with Gasteiger partial charge in [0.05, 0.1) is 6.61 Å². The molecule has 21 heavy (non-hydrogen) atoms. The van der Waals surface area contributed by atoms with Crippen LogP contribution in [0.15, 0.2) is 24.3 Å². The minimum Gasteiger partial charge on any atom is -0.494 e. The van der Waals surface area contributed by atoms with Gasteiger partial charge in [-0.1, -0.05) is 0 Å². The lowest BCUT2D eigenvalue weighted by molar-refractivity contribution is 0.340. The van der Waals surface area contributed by atoms with Crippen molar-refractivity contribution in [2.24, 2.45) is 0 Å². The van der Waals surface area contributed by atoms with E-state index in [4.69, 9.17) is 15.5 Å².